The molecule has 0 amide bonds. The molecule has 0 bridgehead atoms. The van der Waals surface area contributed by atoms with Gasteiger partial charge in [-0.15, -0.1) is 0 Å². The maximum absolute atomic E-state index is 5.26. The van der Waals surface area contributed by atoms with Gasteiger partial charge in [-0.2, -0.15) is 0 Å². The number of ether oxygens (including phenoxy) is 1. The molecule has 1 aliphatic carbocycles. The Morgan fingerprint density at radius 3 is 2.88 bits per heavy atom. The van der Waals surface area contributed by atoms with Gasteiger partial charge in [-0.3, -0.25) is 0 Å². The van der Waals surface area contributed by atoms with Gasteiger partial charge in [0, 0.05) is 16.6 Å². The molecule has 1 aromatic rings. The number of hydrogen-bond acceptors (Lipinski definition) is 2. The molecular weight excluding hydrogens is 278 g/mol. The quantitative estimate of drug-likeness (QED) is 0.890. The highest BCUT2D eigenvalue weighted by Gasteiger charge is 2.19. The van der Waals surface area contributed by atoms with Gasteiger partial charge >= 0.3 is 0 Å². The summed E-state index contributed by atoms with van der Waals surface area (Å²) in [6.45, 7) is 2.34. The summed E-state index contributed by atoms with van der Waals surface area (Å²) in [4.78, 5) is 0. The molecule has 0 spiro atoms. The smallest absolute Gasteiger partial charge is 0.121 e. The molecule has 2 nitrogen and oxygen atoms in total. The Hall–Kier alpha value is -0.700. The number of methoxy groups -OCH3 is 1. The summed E-state index contributed by atoms with van der Waals surface area (Å²) in [5.74, 6) is 1.74. The minimum absolute atomic E-state index is 0.599. The van der Waals surface area contributed by atoms with Crippen LogP contribution in [-0.4, -0.2) is 13.2 Å². The summed E-state index contributed by atoms with van der Waals surface area (Å²) in [5, 5.41) is 3.63. The number of rotatable bonds is 3. The molecule has 94 valence electrons. The van der Waals surface area contributed by atoms with Gasteiger partial charge in [-0.25, -0.2) is 0 Å². The van der Waals surface area contributed by atoms with Crippen molar-refractivity contribution < 1.29 is 4.74 Å². The topological polar surface area (TPSA) is 21.3 Å². The Balaban J connectivity index is 2.06. The predicted molar refractivity (Wildman–Crippen MR) is 75.7 cm³/mol. The zero-order valence-electron chi connectivity index (χ0n) is 10.5. The maximum atomic E-state index is 5.26. The van der Waals surface area contributed by atoms with Crippen molar-refractivity contribution in [2.24, 2.45) is 5.92 Å². The molecule has 1 aliphatic rings. The molecule has 2 rings (SSSR count). The fraction of sp³-hybridized carbons (Fsp3) is 0.571. The Morgan fingerprint density at radius 1 is 1.35 bits per heavy atom. The molecule has 17 heavy (non-hydrogen) atoms. The molecule has 3 heteroatoms. The van der Waals surface area contributed by atoms with Crippen LogP contribution in [-0.2, 0) is 0 Å². The molecule has 0 radical (unpaired) electrons. The van der Waals surface area contributed by atoms with Gasteiger partial charge in [-0.05, 0) is 46.8 Å². The highest BCUT2D eigenvalue weighted by molar-refractivity contribution is 9.10. The first kappa shape index (κ1) is 12.7. The van der Waals surface area contributed by atoms with Crippen molar-refractivity contribution in [2.75, 3.05) is 12.4 Å². The molecule has 0 aliphatic heterocycles. The molecule has 1 N–H and O–H groups in total. The van der Waals surface area contributed by atoms with Crippen molar-refractivity contribution >= 4 is 21.6 Å². The van der Waals surface area contributed by atoms with Crippen LogP contribution in [0.3, 0.4) is 0 Å². The van der Waals surface area contributed by atoms with E-state index < -0.39 is 0 Å². The SMILES string of the molecule is COc1ccc(Br)c(NC2CCCC(C)C2)c1. The lowest BCUT2D eigenvalue weighted by Crippen LogP contribution is -2.26. The Morgan fingerprint density at radius 2 is 2.18 bits per heavy atom. The third-order valence-electron chi connectivity index (χ3n) is 3.47. The average Bonchev–Trinajstić information content (AvgIpc) is 2.32. The van der Waals surface area contributed by atoms with E-state index >= 15 is 0 Å². The van der Waals surface area contributed by atoms with Crippen molar-refractivity contribution in [1.29, 1.82) is 0 Å². The average molecular weight is 298 g/mol. The maximum Gasteiger partial charge on any atom is 0.121 e. The van der Waals surface area contributed by atoms with Crippen molar-refractivity contribution in [1.82, 2.24) is 0 Å². The molecule has 0 aromatic heterocycles. The molecule has 1 fully saturated rings. The minimum atomic E-state index is 0.599. The van der Waals surface area contributed by atoms with Gasteiger partial charge in [0.1, 0.15) is 5.75 Å². The summed E-state index contributed by atoms with van der Waals surface area (Å²) < 4.78 is 6.37. The van der Waals surface area contributed by atoms with Crippen LogP contribution in [0, 0.1) is 5.92 Å². The molecule has 1 saturated carbocycles. The van der Waals surface area contributed by atoms with E-state index in [1.54, 1.807) is 7.11 Å². The van der Waals surface area contributed by atoms with Crippen LogP contribution in [0.25, 0.3) is 0 Å². The second kappa shape index (κ2) is 5.76. The van der Waals surface area contributed by atoms with Gasteiger partial charge < -0.3 is 10.1 Å². The lowest BCUT2D eigenvalue weighted by molar-refractivity contribution is 0.358. The lowest BCUT2D eigenvalue weighted by Gasteiger charge is -2.28. The van der Waals surface area contributed by atoms with E-state index in [-0.39, 0.29) is 0 Å². The number of benzene rings is 1. The molecule has 2 atom stereocenters. The van der Waals surface area contributed by atoms with Crippen LogP contribution < -0.4 is 10.1 Å². The second-order valence-electron chi connectivity index (χ2n) is 4.96. The highest BCUT2D eigenvalue weighted by atomic mass is 79.9. The van der Waals surface area contributed by atoms with E-state index in [0.29, 0.717) is 6.04 Å². The Labute approximate surface area is 112 Å². The van der Waals surface area contributed by atoms with Crippen LogP contribution in [0.4, 0.5) is 5.69 Å². The van der Waals surface area contributed by atoms with E-state index in [0.717, 1.165) is 21.8 Å². The normalized spacial score (nSPS) is 24.4. The van der Waals surface area contributed by atoms with Gasteiger partial charge in [-0.1, -0.05) is 19.8 Å². The van der Waals surface area contributed by atoms with Gasteiger partial charge in [0.05, 0.1) is 12.8 Å². The van der Waals surface area contributed by atoms with E-state index in [2.05, 4.69) is 34.2 Å². The predicted octanol–water partition coefficient (Wildman–Crippen LogP) is 4.45. The van der Waals surface area contributed by atoms with Crippen molar-refractivity contribution in [3.63, 3.8) is 0 Å². The number of anilines is 1. The van der Waals surface area contributed by atoms with Crippen LogP contribution >= 0.6 is 15.9 Å². The Bertz CT molecular complexity index is 380. The number of halogens is 1. The summed E-state index contributed by atoms with van der Waals surface area (Å²) in [5.41, 5.74) is 1.14. The number of hydrogen-bond donors (Lipinski definition) is 1. The molecule has 2 unspecified atom stereocenters. The molecule has 0 saturated heterocycles. The van der Waals surface area contributed by atoms with Crippen molar-refractivity contribution in [3.8, 4) is 5.75 Å². The fourth-order valence-electron chi connectivity index (χ4n) is 2.53. The van der Waals surface area contributed by atoms with Crippen molar-refractivity contribution in [3.05, 3.63) is 22.7 Å². The van der Waals surface area contributed by atoms with Gasteiger partial charge in [0.15, 0.2) is 0 Å². The number of nitrogens with one attached hydrogen (secondary N) is 1. The fourth-order valence-corrected chi connectivity index (χ4v) is 2.89. The Kier molecular flexibility index (Phi) is 4.32. The first-order chi connectivity index (χ1) is 8.19. The third kappa shape index (κ3) is 3.38. The third-order valence-corrected chi connectivity index (χ3v) is 4.16. The van der Waals surface area contributed by atoms with E-state index in [4.69, 9.17) is 4.74 Å². The monoisotopic (exact) mass is 297 g/mol. The summed E-state index contributed by atoms with van der Waals surface area (Å²) >= 11 is 3.58. The minimum Gasteiger partial charge on any atom is -0.497 e. The molecular formula is C14H20BrNO. The summed E-state index contributed by atoms with van der Waals surface area (Å²) in [7, 11) is 1.70. The first-order valence-corrected chi connectivity index (χ1v) is 7.08. The highest BCUT2D eigenvalue weighted by Crippen LogP contribution is 2.31. The van der Waals surface area contributed by atoms with Crippen LogP contribution in [0.2, 0.25) is 0 Å². The standard InChI is InChI=1S/C14H20BrNO/c1-10-4-3-5-11(8-10)16-14-9-12(17-2)6-7-13(14)15/h6-7,9-11,16H,3-5,8H2,1-2H3. The zero-order chi connectivity index (χ0) is 12.3. The summed E-state index contributed by atoms with van der Waals surface area (Å²) in [6, 6.07) is 6.66. The molecule has 0 heterocycles. The van der Waals surface area contributed by atoms with E-state index in [1.165, 1.54) is 25.7 Å². The van der Waals surface area contributed by atoms with Gasteiger partial charge in [0.2, 0.25) is 0 Å². The van der Waals surface area contributed by atoms with Crippen LogP contribution in [0.5, 0.6) is 5.75 Å². The largest absolute Gasteiger partial charge is 0.497 e. The van der Waals surface area contributed by atoms with E-state index in [1.807, 2.05) is 12.1 Å². The van der Waals surface area contributed by atoms with Crippen LogP contribution in [0.15, 0.2) is 22.7 Å². The lowest BCUT2D eigenvalue weighted by atomic mass is 9.87. The zero-order valence-corrected chi connectivity index (χ0v) is 12.1. The second-order valence-corrected chi connectivity index (χ2v) is 5.81. The molecule has 1 aromatic carbocycles. The summed E-state index contributed by atoms with van der Waals surface area (Å²) in [6.07, 6.45) is 5.25. The first-order valence-electron chi connectivity index (χ1n) is 6.29. The van der Waals surface area contributed by atoms with Gasteiger partial charge in [0.25, 0.3) is 0 Å². The van der Waals surface area contributed by atoms with Crippen LogP contribution in [0.1, 0.15) is 32.6 Å². The van der Waals surface area contributed by atoms with Crippen molar-refractivity contribution in [2.45, 2.75) is 38.6 Å². The van der Waals surface area contributed by atoms with E-state index in [9.17, 15) is 0 Å².